The summed E-state index contributed by atoms with van der Waals surface area (Å²) < 4.78 is 0. The molecule has 2 nitrogen and oxygen atoms in total. The molecule has 0 amide bonds. The molecule has 1 atom stereocenters. The van der Waals surface area contributed by atoms with Crippen LogP contribution >= 0.6 is 0 Å². The van der Waals surface area contributed by atoms with Gasteiger partial charge in [-0.05, 0) is 56.4 Å². The van der Waals surface area contributed by atoms with E-state index in [0.29, 0.717) is 5.92 Å². The van der Waals surface area contributed by atoms with Crippen molar-refractivity contribution in [2.75, 3.05) is 11.4 Å². The molecule has 104 valence electrons. The zero-order valence-electron chi connectivity index (χ0n) is 12.6. The molecule has 1 unspecified atom stereocenters. The van der Waals surface area contributed by atoms with Crippen LogP contribution < -0.4 is 4.90 Å². The Morgan fingerprint density at radius 2 is 2.16 bits per heavy atom. The summed E-state index contributed by atoms with van der Waals surface area (Å²) in [5.41, 5.74) is 3.65. The Bertz CT molecular complexity index is 464. The van der Waals surface area contributed by atoms with E-state index in [2.05, 4.69) is 44.7 Å². The standard InChI is InChI=1S/C17H25NO/c1-5-6-9-18-16-8-7-14(12-19)10-15(16)13(2)11-17(18,3)4/h7-8,10,12-13H,5-6,9,11H2,1-4H3. The highest BCUT2D eigenvalue weighted by atomic mass is 16.1. The van der Waals surface area contributed by atoms with Crippen LogP contribution in [0.3, 0.4) is 0 Å². The van der Waals surface area contributed by atoms with Crippen LogP contribution in [0.4, 0.5) is 5.69 Å². The van der Waals surface area contributed by atoms with Crippen molar-refractivity contribution >= 4 is 12.0 Å². The fraction of sp³-hybridized carbons (Fsp3) is 0.588. The number of hydrogen-bond acceptors (Lipinski definition) is 2. The summed E-state index contributed by atoms with van der Waals surface area (Å²) in [6.45, 7) is 10.3. The molecule has 0 saturated carbocycles. The van der Waals surface area contributed by atoms with Crippen molar-refractivity contribution in [3.8, 4) is 0 Å². The lowest BCUT2D eigenvalue weighted by molar-refractivity contribution is 0.112. The first-order valence-corrected chi connectivity index (χ1v) is 7.36. The number of nitrogens with zero attached hydrogens (tertiary/aromatic N) is 1. The van der Waals surface area contributed by atoms with Gasteiger partial charge in [0.15, 0.2) is 0 Å². The number of aldehydes is 1. The largest absolute Gasteiger partial charge is 0.366 e. The lowest BCUT2D eigenvalue weighted by Gasteiger charge is -2.47. The third kappa shape index (κ3) is 2.68. The normalized spacial score (nSPS) is 21.1. The molecular formula is C17H25NO. The molecule has 0 aromatic heterocycles. The van der Waals surface area contributed by atoms with E-state index in [1.807, 2.05) is 6.07 Å². The monoisotopic (exact) mass is 259 g/mol. The molecular weight excluding hydrogens is 234 g/mol. The fourth-order valence-electron chi connectivity index (χ4n) is 3.32. The second kappa shape index (κ2) is 5.36. The van der Waals surface area contributed by atoms with Gasteiger partial charge in [-0.1, -0.05) is 20.3 Å². The minimum absolute atomic E-state index is 0.199. The van der Waals surface area contributed by atoms with Gasteiger partial charge in [-0.25, -0.2) is 0 Å². The smallest absolute Gasteiger partial charge is 0.150 e. The zero-order chi connectivity index (χ0) is 14.0. The molecule has 0 saturated heterocycles. The summed E-state index contributed by atoms with van der Waals surface area (Å²) in [6, 6.07) is 6.15. The Morgan fingerprint density at radius 1 is 1.42 bits per heavy atom. The lowest BCUT2D eigenvalue weighted by atomic mass is 9.79. The number of benzene rings is 1. The van der Waals surface area contributed by atoms with Crippen LogP contribution in [0, 0.1) is 0 Å². The molecule has 0 bridgehead atoms. The van der Waals surface area contributed by atoms with Crippen LogP contribution in [0.15, 0.2) is 18.2 Å². The maximum absolute atomic E-state index is 11.0. The Balaban J connectivity index is 2.43. The third-order valence-electron chi connectivity index (χ3n) is 4.28. The molecule has 1 aromatic rings. The van der Waals surface area contributed by atoms with E-state index >= 15 is 0 Å². The summed E-state index contributed by atoms with van der Waals surface area (Å²) in [5.74, 6) is 0.516. The van der Waals surface area contributed by atoms with Gasteiger partial charge in [0.05, 0.1) is 0 Å². The predicted octanol–water partition coefficient (Wildman–Crippen LogP) is 4.39. The highest BCUT2D eigenvalue weighted by Crippen LogP contribution is 2.43. The highest BCUT2D eigenvalue weighted by Gasteiger charge is 2.35. The average molecular weight is 259 g/mol. The number of carbonyl (C=O) groups excluding carboxylic acids is 1. The highest BCUT2D eigenvalue weighted by molar-refractivity contribution is 5.77. The van der Waals surface area contributed by atoms with E-state index in [9.17, 15) is 4.79 Å². The first-order chi connectivity index (χ1) is 8.99. The predicted molar refractivity (Wildman–Crippen MR) is 81.2 cm³/mol. The summed E-state index contributed by atoms with van der Waals surface area (Å²) >= 11 is 0. The number of fused-ring (bicyclic) bond motifs is 1. The van der Waals surface area contributed by atoms with Crippen molar-refractivity contribution in [2.24, 2.45) is 0 Å². The summed E-state index contributed by atoms with van der Waals surface area (Å²) in [6.07, 6.45) is 4.52. The maximum atomic E-state index is 11.0. The second-order valence-corrected chi connectivity index (χ2v) is 6.36. The number of anilines is 1. The van der Waals surface area contributed by atoms with Crippen LogP contribution in [0.5, 0.6) is 0 Å². The number of carbonyl (C=O) groups is 1. The van der Waals surface area contributed by atoms with Gasteiger partial charge in [0, 0.05) is 23.3 Å². The number of hydrogen-bond donors (Lipinski definition) is 0. The molecule has 1 heterocycles. The minimum Gasteiger partial charge on any atom is -0.366 e. The van der Waals surface area contributed by atoms with Gasteiger partial charge in [-0.3, -0.25) is 4.79 Å². The first kappa shape index (κ1) is 14.1. The molecule has 0 N–H and O–H groups in total. The minimum atomic E-state index is 0.199. The van der Waals surface area contributed by atoms with Crippen molar-refractivity contribution in [1.82, 2.24) is 0 Å². The average Bonchev–Trinajstić information content (AvgIpc) is 2.37. The van der Waals surface area contributed by atoms with Crippen molar-refractivity contribution < 1.29 is 4.79 Å². The van der Waals surface area contributed by atoms with Gasteiger partial charge in [-0.15, -0.1) is 0 Å². The fourth-order valence-corrected chi connectivity index (χ4v) is 3.32. The quantitative estimate of drug-likeness (QED) is 0.747. The van der Waals surface area contributed by atoms with E-state index in [4.69, 9.17) is 0 Å². The van der Waals surface area contributed by atoms with E-state index in [1.165, 1.54) is 24.1 Å². The van der Waals surface area contributed by atoms with Crippen LogP contribution in [0.1, 0.15) is 68.8 Å². The molecule has 0 spiro atoms. The van der Waals surface area contributed by atoms with Crippen LogP contribution in [-0.2, 0) is 0 Å². The van der Waals surface area contributed by atoms with Crippen molar-refractivity contribution in [3.05, 3.63) is 29.3 Å². The van der Waals surface area contributed by atoms with Crippen molar-refractivity contribution in [2.45, 2.75) is 58.4 Å². The third-order valence-corrected chi connectivity index (χ3v) is 4.28. The van der Waals surface area contributed by atoms with Crippen LogP contribution in [-0.4, -0.2) is 18.4 Å². The van der Waals surface area contributed by atoms with Crippen molar-refractivity contribution in [3.63, 3.8) is 0 Å². The van der Waals surface area contributed by atoms with E-state index in [0.717, 1.165) is 24.8 Å². The molecule has 2 heteroatoms. The Kier molecular flexibility index (Phi) is 3.98. The molecule has 0 aliphatic carbocycles. The molecule has 19 heavy (non-hydrogen) atoms. The summed E-state index contributed by atoms with van der Waals surface area (Å²) in [7, 11) is 0. The lowest BCUT2D eigenvalue weighted by Crippen LogP contribution is -2.48. The molecule has 0 radical (unpaired) electrons. The molecule has 0 fully saturated rings. The van der Waals surface area contributed by atoms with Gasteiger partial charge in [0.25, 0.3) is 0 Å². The Labute approximate surface area is 116 Å². The number of rotatable bonds is 4. The van der Waals surface area contributed by atoms with Gasteiger partial charge in [0.2, 0.25) is 0 Å². The van der Waals surface area contributed by atoms with Gasteiger partial charge in [0.1, 0.15) is 6.29 Å². The van der Waals surface area contributed by atoms with Crippen LogP contribution in [0.25, 0.3) is 0 Å². The van der Waals surface area contributed by atoms with E-state index in [-0.39, 0.29) is 5.54 Å². The zero-order valence-corrected chi connectivity index (χ0v) is 12.6. The first-order valence-electron chi connectivity index (χ1n) is 7.36. The molecule has 1 aliphatic heterocycles. The summed E-state index contributed by atoms with van der Waals surface area (Å²) in [4.78, 5) is 13.5. The van der Waals surface area contributed by atoms with Gasteiger partial charge in [-0.2, -0.15) is 0 Å². The van der Waals surface area contributed by atoms with E-state index < -0.39 is 0 Å². The van der Waals surface area contributed by atoms with Crippen molar-refractivity contribution in [1.29, 1.82) is 0 Å². The molecule has 2 rings (SSSR count). The topological polar surface area (TPSA) is 20.3 Å². The Hall–Kier alpha value is -1.31. The van der Waals surface area contributed by atoms with Crippen LogP contribution in [0.2, 0.25) is 0 Å². The SMILES string of the molecule is CCCCN1c2ccc(C=O)cc2C(C)CC1(C)C. The Morgan fingerprint density at radius 3 is 2.79 bits per heavy atom. The second-order valence-electron chi connectivity index (χ2n) is 6.36. The van der Waals surface area contributed by atoms with E-state index in [1.54, 1.807) is 0 Å². The molecule has 1 aliphatic rings. The van der Waals surface area contributed by atoms with Gasteiger partial charge < -0.3 is 4.90 Å². The van der Waals surface area contributed by atoms with Gasteiger partial charge >= 0.3 is 0 Å². The maximum Gasteiger partial charge on any atom is 0.150 e. The number of unbranched alkanes of at least 4 members (excludes halogenated alkanes) is 1. The summed E-state index contributed by atoms with van der Waals surface area (Å²) in [5, 5.41) is 0. The molecule has 1 aromatic carbocycles.